The van der Waals surface area contributed by atoms with Crippen molar-refractivity contribution >= 4 is 12.4 Å². The Bertz CT molecular complexity index is 147. The van der Waals surface area contributed by atoms with Crippen LogP contribution in [0.25, 0.3) is 0 Å². The average molecular weight is 192 g/mol. The predicted octanol–water partition coefficient (Wildman–Crippen LogP) is 1.72. The van der Waals surface area contributed by atoms with Gasteiger partial charge in [0.05, 0.1) is 6.10 Å². The third-order valence-corrected chi connectivity index (χ3v) is 3.32. The van der Waals surface area contributed by atoms with Crippen LogP contribution in [-0.4, -0.2) is 19.3 Å². The first-order valence-electron chi connectivity index (χ1n) is 4.66. The molecule has 0 radical (unpaired) electrons. The second kappa shape index (κ2) is 3.95. The van der Waals surface area contributed by atoms with Gasteiger partial charge in [0.15, 0.2) is 0 Å². The van der Waals surface area contributed by atoms with E-state index in [2.05, 4.69) is 0 Å². The van der Waals surface area contributed by atoms with Gasteiger partial charge in [-0.1, -0.05) is 6.42 Å². The first-order chi connectivity index (χ1) is 5.35. The number of nitrogens with two attached hydrogens (primary N) is 1. The van der Waals surface area contributed by atoms with Crippen molar-refractivity contribution in [2.24, 2.45) is 11.1 Å². The van der Waals surface area contributed by atoms with Gasteiger partial charge in [-0.2, -0.15) is 0 Å². The molecule has 2 rings (SSSR count). The van der Waals surface area contributed by atoms with Crippen molar-refractivity contribution in [2.45, 2.75) is 38.2 Å². The van der Waals surface area contributed by atoms with Crippen LogP contribution in [0.4, 0.5) is 0 Å². The molecule has 1 unspecified atom stereocenters. The Balaban J connectivity index is 0.000000720. The van der Waals surface area contributed by atoms with Gasteiger partial charge in [-0.3, -0.25) is 0 Å². The molecule has 0 aromatic carbocycles. The van der Waals surface area contributed by atoms with Crippen LogP contribution in [0.15, 0.2) is 0 Å². The van der Waals surface area contributed by atoms with E-state index in [0.29, 0.717) is 18.1 Å². The molecule has 12 heavy (non-hydrogen) atoms. The highest BCUT2D eigenvalue weighted by Crippen LogP contribution is 2.49. The predicted molar refractivity (Wildman–Crippen MR) is 51.6 cm³/mol. The molecule has 1 saturated heterocycles. The van der Waals surface area contributed by atoms with Crippen molar-refractivity contribution in [3.63, 3.8) is 0 Å². The number of rotatable bonds is 1. The van der Waals surface area contributed by atoms with Gasteiger partial charge in [-0.15, -0.1) is 12.4 Å². The van der Waals surface area contributed by atoms with Gasteiger partial charge in [-0.05, 0) is 31.1 Å². The van der Waals surface area contributed by atoms with Crippen molar-refractivity contribution < 1.29 is 4.74 Å². The van der Waals surface area contributed by atoms with E-state index in [1.807, 2.05) is 0 Å². The summed E-state index contributed by atoms with van der Waals surface area (Å²) in [4.78, 5) is 0. The van der Waals surface area contributed by atoms with E-state index in [4.69, 9.17) is 10.5 Å². The lowest BCUT2D eigenvalue weighted by atomic mass is 9.63. The summed E-state index contributed by atoms with van der Waals surface area (Å²) < 4.78 is 5.53. The summed E-state index contributed by atoms with van der Waals surface area (Å²) >= 11 is 0. The molecule has 1 atom stereocenters. The maximum atomic E-state index is 5.58. The maximum absolute atomic E-state index is 5.58. The Morgan fingerprint density at radius 2 is 2.08 bits per heavy atom. The van der Waals surface area contributed by atoms with Gasteiger partial charge in [0.1, 0.15) is 0 Å². The molecule has 0 aromatic rings. The molecule has 0 aromatic heterocycles. The minimum absolute atomic E-state index is 0. The van der Waals surface area contributed by atoms with Crippen LogP contribution in [0, 0.1) is 5.41 Å². The van der Waals surface area contributed by atoms with Crippen molar-refractivity contribution in [1.29, 1.82) is 0 Å². The van der Waals surface area contributed by atoms with Crippen molar-refractivity contribution in [1.82, 2.24) is 0 Å². The molecular formula is C9H18ClNO. The number of hydrogen-bond acceptors (Lipinski definition) is 2. The molecule has 1 aliphatic carbocycles. The van der Waals surface area contributed by atoms with Crippen LogP contribution >= 0.6 is 12.4 Å². The molecule has 1 heterocycles. The zero-order valence-electron chi connectivity index (χ0n) is 7.42. The Kier molecular flexibility index (Phi) is 3.38. The fraction of sp³-hybridized carbons (Fsp3) is 1.00. The fourth-order valence-electron chi connectivity index (χ4n) is 2.37. The van der Waals surface area contributed by atoms with E-state index in [0.717, 1.165) is 6.61 Å². The summed E-state index contributed by atoms with van der Waals surface area (Å²) in [7, 11) is 0. The normalized spacial score (nSPS) is 32.2. The smallest absolute Gasteiger partial charge is 0.0702 e. The molecular weight excluding hydrogens is 174 g/mol. The Morgan fingerprint density at radius 1 is 1.33 bits per heavy atom. The molecule has 3 heteroatoms. The lowest BCUT2D eigenvalue weighted by Gasteiger charge is -2.47. The minimum atomic E-state index is 0. The molecule has 2 N–H and O–H groups in total. The van der Waals surface area contributed by atoms with Crippen LogP contribution in [0.5, 0.6) is 0 Å². The second-order valence-corrected chi connectivity index (χ2v) is 4.04. The fourth-order valence-corrected chi connectivity index (χ4v) is 2.37. The maximum Gasteiger partial charge on any atom is 0.0702 e. The Labute approximate surface area is 80.3 Å². The van der Waals surface area contributed by atoms with E-state index in [9.17, 15) is 0 Å². The van der Waals surface area contributed by atoms with Crippen LogP contribution in [0.2, 0.25) is 0 Å². The van der Waals surface area contributed by atoms with E-state index in [-0.39, 0.29) is 12.4 Å². The summed E-state index contributed by atoms with van der Waals surface area (Å²) in [6, 6.07) is 0. The standard InChI is InChI=1S/C9H17NO.ClH/c10-7-8-6-9(2-1-3-9)4-5-11-8;/h8H,1-7,10H2;1H. The van der Waals surface area contributed by atoms with Crippen molar-refractivity contribution in [3.05, 3.63) is 0 Å². The van der Waals surface area contributed by atoms with Gasteiger partial charge in [0, 0.05) is 13.2 Å². The molecule has 1 saturated carbocycles. The third-order valence-electron chi connectivity index (χ3n) is 3.32. The van der Waals surface area contributed by atoms with E-state index in [1.165, 1.54) is 32.1 Å². The molecule has 2 nitrogen and oxygen atoms in total. The minimum Gasteiger partial charge on any atom is -0.377 e. The molecule has 72 valence electrons. The van der Waals surface area contributed by atoms with Crippen LogP contribution in [0.3, 0.4) is 0 Å². The molecule has 2 fully saturated rings. The summed E-state index contributed by atoms with van der Waals surface area (Å²) in [6.45, 7) is 1.66. The summed E-state index contributed by atoms with van der Waals surface area (Å²) in [5.41, 5.74) is 6.25. The molecule has 0 amide bonds. The number of ether oxygens (including phenoxy) is 1. The first kappa shape index (κ1) is 10.3. The van der Waals surface area contributed by atoms with Crippen LogP contribution in [0.1, 0.15) is 32.1 Å². The van der Waals surface area contributed by atoms with E-state index < -0.39 is 0 Å². The van der Waals surface area contributed by atoms with Crippen molar-refractivity contribution in [3.8, 4) is 0 Å². The third kappa shape index (κ3) is 1.76. The summed E-state index contributed by atoms with van der Waals surface area (Å²) in [6.07, 6.45) is 7.15. The monoisotopic (exact) mass is 191 g/mol. The summed E-state index contributed by atoms with van der Waals surface area (Å²) in [5.74, 6) is 0. The zero-order chi connectivity index (χ0) is 7.73. The van der Waals surface area contributed by atoms with Crippen LogP contribution < -0.4 is 5.73 Å². The quantitative estimate of drug-likeness (QED) is 0.685. The summed E-state index contributed by atoms with van der Waals surface area (Å²) in [5, 5.41) is 0. The molecule has 0 bridgehead atoms. The topological polar surface area (TPSA) is 35.2 Å². The van der Waals surface area contributed by atoms with Gasteiger partial charge in [0.25, 0.3) is 0 Å². The molecule has 1 spiro atoms. The number of halogens is 1. The highest BCUT2D eigenvalue weighted by molar-refractivity contribution is 5.85. The Hall–Kier alpha value is 0.210. The zero-order valence-corrected chi connectivity index (χ0v) is 8.24. The SMILES string of the molecule is Cl.NCC1CC2(CCC2)CCO1. The molecule has 1 aliphatic heterocycles. The van der Waals surface area contributed by atoms with Gasteiger partial charge in [0.2, 0.25) is 0 Å². The van der Waals surface area contributed by atoms with Gasteiger partial charge in [-0.25, -0.2) is 0 Å². The average Bonchev–Trinajstić information content (AvgIpc) is 2.02. The van der Waals surface area contributed by atoms with Crippen molar-refractivity contribution in [2.75, 3.05) is 13.2 Å². The lowest BCUT2D eigenvalue weighted by Crippen LogP contribution is -2.42. The van der Waals surface area contributed by atoms with E-state index in [1.54, 1.807) is 0 Å². The first-order valence-corrected chi connectivity index (χ1v) is 4.66. The largest absolute Gasteiger partial charge is 0.377 e. The van der Waals surface area contributed by atoms with Gasteiger partial charge < -0.3 is 10.5 Å². The second-order valence-electron chi connectivity index (χ2n) is 4.04. The number of hydrogen-bond donors (Lipinski definition) is 1. The highest BCUT2D eigenvalue weighted by Gasteiger charge is 2.40. The molecule has 2 aliphatic rings. The lowest BCUT2D eigenvalue weighted by molar-refractivity contribution is -0.0754. The van der Waals surface area contributed by atoms with Crippen LogP contribution in [-0.2, 0) is 4.74 Å². The Morgan fingerprint density at radius 3 is 2.58 bits per heavy atom. The highest BCUT2D eigenvalue weighted by atomic mass is 35.5. The van der Waals surface area contributed by atoms with E-state index >= 15 is 0 Å². The van der Waals surface area contributed by atoms with Gasteiger partial charge >= 0.3 is 0 Å².